The van der Waals surface area contributed by atoms with Gasteiger partial charge < -0.3 is 4.74 Å². The summed E-state index contributed by atoms with van der Waals surface area (Å²) >= 11 is 0. The predicted molar refractivity (Wildman–Crippen MR) is 68.0 cm³/mol. The van der Waals surface area contributed by atoms with Crippen LogP contribution >= 0.6 is 0 Å². The van der Waals surface area contributed by atoms with Crippen LogP contribution in [0.1, 0.15) is 20.8 Å². The van der Waals surface area contributed by atoms with Gasteiger partial charge in [-0.25, -0.2) is 0 Å². The first-order chi connectivity index (χ1) is 8.02. The van der Waals surface area contributed by atoms with Crippen LogP contribution < -0.4 is 9.64 Å². The van der Waals surface area contributed by atoms with Crippen LogP contribution in [0.3, 0.4) is 0 Å². The zero-order valence-electron chi connectivity index (χ0n) is 10.7. The first kappa shape index (κ1) is 11.7. The highest BCUT2D eigenvalue weighted by Gasteiger charge is 2.49. The van der Waals surface area contributed by atoms with Gasteiger partial charge in [0.15, 0.2) is 0 Å². The van der Waals surface area contributed by atoms with Crippen molar-refractivity contribution in [2.24, 2.45) is 5.41 Å². The summed E-state index contributed by atoms with van der Waals surface area (Å²) in [4.78, 5) is 13.8. The lowest BCUT2D eigenvalue weighted by Gasteiger charge is -2.47. The van der Waals surface area contributed by atoms with Crippen LogP contribution in [0, 0.1) is 5.41 Å². The Hall–Kier alpha value is -1.77. The average molecular weight is 231 g/mol. The van der Waals surface area contributed by atoms with E-state index in [1.165, 1.54) is 0 Å². The van der Waals surface area contributed by atoms with E-state index in [0.717, 1.165) is 17.1 Å². The van der Waals surface area contributed by atoms with Crippen molar-refractivity contribution in [2.45, 2.75) is 20.8 Å². The van der Waals surface area contributed by atoms with E-state index >= 15 is 0 Å². The number of hydrogen-bond acceptors (Lipinski definition) is 2. The Balaban J connectivity index is 2.32. The Morgan fingerprint density at radius 3 is 2.29 bits per heavy atom. The first-order valence-electron chi connectivity index (χ1n) is 5.67. The third-order valence-electron chi connectivity index (χ3n) is 3.22. The zero-order chi connectivity index (χ0) is 12.6. The summed E-state index contributed by atoms with van der Waals surface area (Å²) in [5, 5.41) is 0. The quantitative estimate of drug-likeness (QED) is 0.732. The molecule has 90 valence electrons. The van der Waals surface area contributed by atoms with Gasteiger partial charge >= 0.3 is 0 Å². The van der Waals surface area contributed by atoms with Crippen molar-refractivity contribution in [3.8, 4) is 5.75 Å². The molecular weight excluding hydrogens is 214 g/mol. The highest BCUT2D eigenvalue weighted by Crippen LogP contribution is 2.45. The molecule has 0 atom stereocenters. The van der Waals surface area contributed by atoms with E-state index in [0.29, 0.717) is 0 Å². The molecule has 1 saturated heterocycles. The van der Waals surface area contributed by atoms with Crippen molar-refractivity contribution in [1.82, 2.24) is 0 Å². The Labute approximate surface area is 102 Å². The molecule has 0 saturated carbocycles. The van der Waals surface area contributed by atoms with Crippen LogP contribution in [0.25, 0.3) is 0 Å². The fourth-order valence-electron chi connectivity index (χ4n) is 2.20. The van der Waals surface area contributed by atoms with E-state index in [9.17, 15) is 4.79 Å². The average Bonchev–Trinajstić information content (AvgIpc) is 2.35. The van der Waals surface area contributed by atoms with Gasteiger partial charge in [-0.05, 0) is 45.0 Å². The number of nitrogens with zero attached hydrogens (tertiary/aromatic N) is 1. The van der Waals surface area contributed by atoms with E-state index < -0.39 is 0 Å². The number of methoxy groups -OCH3 is 1. The van der Waals surface area contributed by atoms with E-state index in [-0.39, 0.29) is 11.3 Å². The molecule has 1 aliphatic rings. The molecular formula is C14H17NO2. The van der Waals surface area contributed by atoms with Gasteiger partial charge in [0.1, 0.15) is 5.75 Å². The molecule has 3 heteroatoms. The largest absolute Gasteiger partial charge is 0.497 e. The number of allylic oxidation sites excluding steroid dienone is 1. The first-order valence-corrected chi connectivity index (χ1v) is 5.67. The fraction of sp³-hybridized carbons (Fsp3) is 0.357. The summed E-state index contributed by atoms with van der Waals surface area (Å²) in [7, 11) is 1.63. The topological polar surface area (TPSA) is 29.5 Å². The molecule has 17 heavy (non-hydrogen) atoms. The Bertz CT molecular complexity index is 472. The number of β-lactam (4-membered cyclic amide) rings is 1. The molecule has 0 bridgehead atoms. The second-order valence-electron chi connectivity index (χ2n) is 4.64. The minimum atomic E-state index is -0.366. The van der Waals surface area contributed by atoms with Gasteiger partial charge in [0.05, 0.1) is 12.5 Å². The van der Waals surface area contributed by atoms with Crippen molar-refractivity contribution in [3.05, 3.63) is 36.0 Å². The van der Waals surface area contributed by atoms with Crippen molar-refractivity contribution in [3.63, 3.8) is 0 Å². The Kier molecular flexibility index (Phi) is 2.69. The van der Waals surface area contributed by atoms with Gasteiger partial charge in [0.25, 0.3) is 0 Å². The van der Waals surface area contributed by atoms with Crippen LogP contribution in [0.2, 0.25) is 0 Å². The van der Waals surface area contributed by atoms with Gasteiger partial charge in [-0.1, -0.05) is 6.08 Å². The summed E-state index contributed by atoms with van der Waals surface area (Å²) in [6.07, 6.45) is 1.99. The number of carbonyl (C=O) groups is 1. The summed E-state index contributed by atoms with van der Waals surface area (Å²) in [5.74, 6) is 0.929. The molecule has 1 aliphatic heterocycles. The van der Waals surface area contributed by atoms with Gasteiger partial charge in [0.2, 0.25) is 5.91 Å². The number of anilines is 1. The SMILES string of the molecule is C/C=C1\N(c2ccc(OC)cc2)C(=O)C1(C)C. The summed E-state index contributed by atoms with van der Waals surface area (Å²) in [6, 6.07) is 7.52. The van der Waals surface area contributed by atoms with Crippen LogP contribution in [-0.2, 0) is 4.79 Å². The van der Waals surface area contributed by atoms with E-state index in [1.807, 2.05) is 51.1 Å². The number of amides is 1. The van der Waals surface area contributed by atoms with Gasteiger partial charge in [-0.2, -0.15) is 0 Å². The monoisotopic (exact) mass is 231 g/mol. The summed E-state index contributed by atoms with van der Waals surface area (Å²) in [5.41, 5.74) is 1.57. The number of hydrogen-bond donors (Lipinski definition) is 0. The maximum Gasteiger partial charge on any atom is 0.242 e. The lowest BCUT2D eigenvalue weighted by atomic mass is 9.78. The molecule has 1 fully saturated rings. The van der Waals surface area contributed by atoms with Crippen molar-refractivity contribution in [1.29, 1.82) is 0 Å². The van der Waals surface area contributed by atoms with Gasteiger partial charge in [-0.3, -0.25) is 9.69 Å². The molecule has 2 rings (SSSR count). The second-order valence-corrected chi connectivity index (χ2v) is 4.64. The number of carbonyl (C=O) groups excluding carboxylic acids is 1. The number of ether oxygens (including phenoxy) is 1. The Morgan fingerprint density at radius 1 is 1.24 bits per heavy atom. The number of benzene rings is 1. The second kappa shape index (κ2) is 3.91. The molecule has 0 aliphatic carbocycles. The molecule has 1 heterocycles. The maximum atomic E-state index is 12.1. The normalized spacial score (nSPS) is 20.4. The summed E-state index contributed by atoms with van der Waals surface area (Å²) in [6.45, 7) is 5.86. The molecule has 1 aromatic carbocycles. The van der Waals surface area contributed by atoms with E-state index in [1.54, 1.807) is 12.0 Å². The van der Waals surface area contributed by atoms with Crippen molar-refractivity contribution >= 4 is 11.6 Å². The van der Waals surface area contributed by atoms with Crippen LogP contribution in [0.5, 0.6) is 5.75 Å². The van der Waals surface area contributed by atoms with E-state index in [4.69, 9.17) is 4.74 Å². The van der Waals surface area contributed by atoms with Crippen molar-refractivity contribution < 1.29 is 9.53 Å². The van der Waals surface area contributed by atoms with Crippen LogP contribution in [-0.4, -0.2) is 13.0 Å². The van der Waals surface area contributed by atoms with Crippen LogP contribution in [0.4, 0.5) is 5.69 Å². The van der Waals surface area contributed by atoms with E-state index in [2.05, 4.69) is 0 Å². The lowest BCUT2D eigenvalue weighted by molar-refractivity contribution is -0.129. The molecule has 0 unspecified atom stereocenters. The molecule has 1 amide bonds. The van der Waals surface area contributed by atoms with Gasteiger partial charge in [0, 0.05) is 11.4 Å². The molecule has 0 aromatic heterocycles. The standard InChI is InChI=1S/C14H17NO2/c1-5-12-14(2,3)13(16)15(12)10-6-8-11(17-4)9-7-10/h5-9H,1-4H3/b12-5-. The molecule has 0 N–H and O–H groups in total. The van der Waals surface area contributed by atoms with Gasteiger partial charge in [-0.15, -0.1) is 0 Å². The highest BCUT2D eigenvalue weighted by molar-refractivity contribution is 6.10. The smallest absolute Gasteiger partial charge is 0.242 e. The minimum absolute atomic E-state index is 0.135. The minimum Gasteiger partial charge on any atom is -0.497 e. The van der Waals surface area contributed by atoms with Crippen molar-refractivity contribution in [2.75, 3.05) is 12.0 Å². The Morgan fingerprint density at radius 2 is 1.82 bits per heavy atom. The molecule has 1 aromatic rings. The third kappa shape index (κ3) is 1.62. The maximum absolute atomic E-state index is 12.1. The summed E-state index contributed by atoms with van der Waals surface area (Å²) < 4.78 is 5.10. The third-order valence-corrected chi connectivity index (χ3v) is 3.22. The fourth-order valence-corrected chi connectivity index (χ4v) is 2.20. The molecule has 0 spiro atoms. The predicted octanol–water partition coefficient (Wildman–Crippen LogP) is 2.97. The van der Waals surface area contributed by atoms with Crippen LogP contribution in [0.15, 0.2) is 36.0 Å². The zero-order valence-corrected chi connectivity index (χ0v) is 10.7. The lowest BCUT2D eigenvalue weighted by Crippen LogP contribution is -2.56. The molecule has 0 radical (unpaired) electrons. The highest BCUT2D eigenvalue weighted by atomic mass is 16.5. The molecule has 3 nitrogen and oxygen atoms in total. The number of rotatable bonds is 2.